The molecule has 0 radical (unpaired) electrons. The van der Waals surface area contributed by atoms with Gasteiger partial charge in [-0.25, -0.2) is 0 Å². The lowest BCUT2D eigenvalue weighted by atomic mass is 9.80. The molecule has 0 atom stereocenters. The third-order valence-electron chi connectivity index (χ3n) is 12.8. The highest BCUT2D eigenvalue weighted by atomic mass is 14.4. The SMILES string of the molecule is CC1(C)c2ccccc2-c2ccc(-c3ccc4c(c3)C(C)(C)c3cc(-c5ccc(-c6c7ccccc7cc7cc8ccccc8cc67)cc5)ccc3-4)cc21. The summed E-state index contributed by atoms with van der Waals surface area (Å²) in [6.07, 6.45) is 0. The molecule has 0 bridgehead atoms. The van der Waals surface area contributed by atoms with E-state index in [4.69, 9.17) is 0 Å². The Morgan fingerprint density at radius 2 is 0.704 bits per heavy atom. The van der Waals surface area contributed by atoms with Crippen molar-refractivity contribution in [2.45, 2.75) is 38.5 Å². The van der Waals surface area contributed by atoms with Gasteiger partial charge in [0.05, 0.1) is 0 Å². The highest BCUT2D eigenvalue weighted by Crippen LogP contribution is 2.52. The summed E-state index contributed by atoms with van der Waals surface area (Å²) in [7, 11) is 0. The van der Waals surface area contributed by atoms with Gasteiger partial charge in [-0.3, -0.25) is 0 Å². The molecule has 0 heteroatoms. The molecule has 0 fully saturated rings. The van der Waals surface area contributed by atoms with Crippen molar-refractivity contribution in [2.75, 3.05) is 0 Å². The van der Waals surface area contributed by atoms with E-state index in [2.05, 4.69) is 198 Å². The number of rotatable bonds is 3. The number of hydrogen-bond acceptors (Lipinski definition) is 0. The minimum atomic E-state index is -0.118. The first-order valence-electron chi connectivity index (χ1n) is 19.2. The molecule has 256 valence electrons. The molecule has 0 heterocycles. The largest absolute Gasteiger partial charge is 0.0619 e. The van der Waals surface area contributed by atoms with Crippen LogP contribution in [0.3, 0.4) is 0 Å². The van der Waals surface area contributed by atoms with Crippen molar-refractivity contribution >= 4 is 32.3 Å². The van der Waals surface area contributed by atoms with Crippen LogP contribution in [0.2, 0.25) is 0 Å². The van der Waals surface area contributed by atoms with E-state index in [0.29, 0.717) is 0 Å². The molecule has 0 amide bonds. The molecule has 2 aliphatic carbocycles. The smallest absolute Gasteiger partial charge is 0.0159 e. The van der Waals surface area contributed by atoms with E-state index in [1.54, 1.807) is 0 Å². The van der Waals surface area contributed by atoms with Crippen LogP contribution in [0.15, 0.2) is 170 Å². The molecule has 0 saturated carbocycles. The summed E-state index contributed by atoms with van der Waals surface area (Å²) in [6, 6.07) is 64.1. The molecule has 9 aromatic rings. The Kier molecular flexibility index (Phi) is 6.46. The molecule has 9 aromatic carbocycles. The average molecular weight is 689 g/mol. The van der Waals surface area contributed by atoms with Crippen LogP contribution in [-0.2, 0) is 10.8 Å². The maximum absolute atomic E-state index is 2.46. The summed E-state index contributed by atoms with van der Waals surface area (Å²) in [6.45, 7) is 9.52. The topological polar surface area (TPSA) is 0 Å². The molecule has 11 rings (SSSR count). The van der Waals surface area contributed by atoms with Crippen molar-refractivity contribution in [3.05, 3.63) is 192 Å². The first kappa shape index (κ1) is 31.3. The maximum atomic E-state index is 2.46. The van der Waals surface area contributed by atoms with Crippen LogP contribution in [0.25, 0.3) is 88.0 Å². The zero-order valence-corrected chi connectivity index (χ0v) is 31.2. The lowest BCUT2D eigenvalue weighted by Gasteiger charge is -2.23. The summed E-state index contributed by atoms with van der Waals surface area (Å²) < 4.78 is 0. The van der Waals surface area contributed by atoms with Gasteiger partial charge in [0, 0.05) is 10.8 Å². The molecule has 0 unspecified atom stereocenters. The summed E-state index contributed by atoms with van der Waals surface area (Å²) in [5, 5.41) is 7.69. The van der Waals surface area contributed by atoms with Crippen LogP contribution in [0.5, 0.6) is 0 Å². The standard InChI is InChI=1S/C54H40/c1-53(2)48-16-10-9-15-43(48)44-25-22-38(31-49(44)53)39-23-26-46-45-24-21-37(30-50(45)54(3,4)51(46)32-39)33-17-19-34(20-18-33)52-42-14-8-7-13-40(42)28-41-27-35-11-5-6-12-36(35)29-47(41)52/h5-32H,1-4H3. The van der Waals surface area contributed by atoms with Gasteiger partial charge in [-0.05, 0) is 147 Å². The third-order valence-corrected chi connectivity index (χ3v) is 12.8. The van der Waals surface area contributed by atoms with E-state index in [-0.39, 0.29) is 10.8 Å². The Hall–Kier alpha value is -6.24. The van der Waals surface area contributed by atoms with Crippen molar-refractivity contribution in [1.82, 2.24) is 0 Å². The zero-order valence-electron chi connectivity index (χ0n) is 31.2. The lowest BCUT2D eigenvalue weighted by molar-refractivity contribution is 0.659. The predicted octanol–water partition coefficient (Wildman–Crippen LogP) is 14.8. The first-order chi connectivity index (χ1) is 26.3. The summed E-state index contributed by atoms with van der Waals surface area (Å²) in [5.41, 5.74) is 18.6. The number of fused-ring (bicyclic) bond motifs is 9. The molecule has 2 aliphatic rings. The second kappa shape index (κ2) is 11.1. The minimum Gasteiger partial charge on any atom is -0.0619 e. The molecule has 0 spiro atoms. The fourth-order valence-electron chi connectivity index (χ4n) is 9.88. The fourth-order valence-corrected chi connectivity index (χ4v) is 9.88. The van der Waals surface area contributed by atoms with Crippen LogP contribution in [0.4, 0.5) is 0 Å². The van der Waals surface area contributed by atoms with Gasteiger partial charge < -0.3 is 0 Å². The Bertz CT molecular complexity index is 3020. The van der Waals surface area contributed by atoms with Crippen molar-refractivity contribution in [3.63, 3.8) is 0 Å². The van der Waals surface area contributed by atoms with Gasteiger partial charge in [0.15, 0.2) is 0 Å². The van der Waals surface area contributed by atoms with Crippen molar-refractivity contribution in [3.8, 4) is 55.6 Å². The van der Waals surface area contributed by atoms with Crippen LogP contribution >= 0.6 is 0 Å². The van der Waals surface area contributed by atoms with Crippen LogP contribution in [0, 0.1) is 0 Å². The summed E-state index contributed by atoms with van der Waals surface area (Å²) in [4.78, 5) is 0. The number of hydrogen-bond donors (Lipinski definition) is 0. The Morgan fingerprint density at radius 3 is 1.33 bits per heavy atom. The predicted molar refractivity (Wildman–Crippen MR) is 230 cm³/mol. The van der Waals surface area contributed by atoms with Gasteiger partial charge in [0.2, 0.25) is 0 Å². The molecular formula is C54H40. The lowest BCUT2D eigenvalue weighted by Crippen LogP contribution is -2.15. The third kappa shape index (κ3) is 4.44. The minimum absolute atomic E-state index is 0.0136. The van der Waals surface area contributed by atoms with E-state index in [1.165, 1.54) is 110 Å². The van der Waals surface area contributed by atoms with Crippen LogP contribution in [-0.4, -0.2) is 0 Å². The molecule has 0 aromatic heterocycles. The Balaban J connectivity index is 0.956. The van der Waals surface area contributed by atoms with Crippen molar-refractivity contribution in [1.29, 1.82) is 0 Å². The van der Waals surface area contributed by atoms with Gasteiger partial charge in [-0.2, -0.15) is 0 Å². The fraction of sp³-hybridized carbons (Fsp3) is 0.111. The zero-order chi connectivity index (χ0) is 36.3. The normalized spacial score (nSPS) is 14.6. The molecule has 0 nitrogen and oxygen atoms in total. The van der Waals surface area contributed by atoms with E-state index in [0.717, 1.165) is 0 Å². The van der Waals surface area contributed by atoms with Crippen LogP contribution < -0.4 is 0 Å². The summed E-state index contributed by atoms with van der Waals surface area (Å²) >= 11 is 0. The molecule has 0 saturated heterocycles. The molecule has 0 aliphatic heterocycles. The summed E-state index contributed by atoms with van der Waals surface area (Å²) in [5.74, 6) is 0. The monoisotopic (exact) mass is 688 g/mol. The van der Waals surface area contributed by atoms with E-state index in [9.17, 15) is 0 Å². The highest BCUT2D eigenvalue weighted by Gasteiger charge is 2.37. The molecule has 54 heavy (non-hydrogen) atoms. The Labute approximate surface area is 317 Å². The van der Waals surface area contributed by atoms with Gasteiger partial charge in [-0.1, -0.05) is 161 Å². The Morgan fingerprint density at radius 1 is 0.278 bits per heavy atom. The average Bonchev–Trinajstić information content (AvgIpc) is 3.57. The van der Waals surface area contributed by atoms with E-state index >= 15 is 0 Å². The van der Waals surface area contributed by atoms with Gasteiger partial charge in [0.25, 0.3) is 0 Å². The second-order valence-electron chi connectivity index (χ2n) is 16.5. The van der Waals surface area contributed by atoms with Crippen LogP contribution in [0.1, 0.15) is 49.9 Å². The maximum Gasteiger partial charge on any atom is 0.0159 e. The second-order valence-corrected chi connectivity index (χ2v) is 16.5. The van der Waals surface area contributed by atoms with Gasteiger partial charge >= 0.3 is 0 Å². The van der Waals surface area contributed by atoms with Crippen molar-refractivity contribution in [2.24, 2.45) is 0 Å². The highest BCUT2D eigenvalue weighted by molar-refractivity contribution is 6.15. The number of benzene rings is 9. The first-order valence-corrected chi connectivity index (χ1v) is 19.2. The molecular weight excluding hydrogens is 649 g/mol. The van der Waals surface area contributed by atoms with Crippen molar-refractivity contribution < 1.29 is 0 Å². The van der Waals surface area contributed by atoms with E-state index in [1.807, 2.05) is 0 Å². The van der Waals surface area contributed by atoms with Gasteiger partial charge in [0.1, 0.15) is 0 Å². The van der Waals surface area contributed by atoms with E-state index < -0.39 is 0 Å². The van der Waals surface area contributed by atoms with Gasteiger partial charge in [-0.15, -0.1) is 0 Å². The molecule has 0 N–H and O–H groups in total. The quantitative estimate of drug-likeness (QED) is 0.162.